The molecule has 2 aromatic rings. The van der Waals surface area contributed by atoms with Crippen LogP contribution in [0.2, 0.25) is 0 Å². The topological polar surface area (TPSA) is 153 Å². The van der Waals surface area contributed by atoms with Gasteiger partial charge >= 0.3 is 6.18 Å². The second kappa shape index (κ2) is 21.1. The zero-order valence-electron chi connectivity index (χ0n) is 27.2. The lowest BCUT2D eigenvalue weighted by molar-refractivity contribution is -0.173. The maximum Gasteiger partial charge on any atom is 0.452 e. The van der Waals surface area contributed by atoms with E-state index in [1.54, 1.807) is 67.5 Å². The molecular formula is C32H46F3N7O4S. The van der Waals surface area contributed by atoms with Crippen molar-refractivity contribution in [3.05, 3.63) is 72.5 Å². The van der Waals surface area contributed by atoms with E-state index < -0.39 is 54.7 Å². The largest absolute Gasteiger partial charge is 0.452 e. The summed E-state index contributed by atoms with van der Waals surface area (Å²) >= 11 is 4.08. The third kappa shape index (κ3) is 15.0. The van der Waals surface area contributed by atoms with Crippen LogP contribution in [0.25, 0.3) is 10.9 Å². The van der Waals surface area contributed by atoms with Crippen LogP contribution in [0.15, 0.2) is 66.9 Å². The Morgan fingerprint density at radius 2 is 1.74 bits per heavy atom. The number of fused-ring (bicyclic) bond motifs is 1. The summed E-state index contributed by atoms with van der Waals surface area (Å²) in [6, 6.07) is 3.96. The molecular weight excluding hydrogens is 635 g/mol. The number of carbonyl (C=O) groups excluding carboxylic acids is 4. The molecule has 2 unspecified atom stereocenters. The van der Waals surface area contributed by atoms with Crippen molar-refractivity contribution in [3.8, 4) is 0 Å². The van der Waals surface area contributed by atoms with Crippen molar-refractivity contribution in [2.24, 2.45) is 5.84 Å². The van der Waals surface area contributed by atoms with E-state index in [-0.39, 0.29) is 12.8 Å². The fourth-order valence-corrected chi connectivity index (χ4v) is 4.54. The number of Topliss-reactive ketones (excluding diaryl/α,β-unsaturated/α-hetero) is 1. The second-order valence-corrected chi connectivity index (χ2v) is 10.9. The van der Waals surface area contributed by atoms with Crippen molar-refractivity contribution in [1.82, 2.24) is 31.1 Å². The van der Waals surface area contributed by atoms with E-state index in [1.165, 1.54) is 6.20 Å². The number of hydrogen-bond donors (Lipinski definition) is 6. The Kier molecular flexibility index (Phi) is 18.4. The number of rotatable bonds is 17. The lowest BCUT2D eigenvalue weighted by Crippen LogP contribution is -2.52. The summed E-state index contributed by atoms with van der Waals surface area (Å²) in [5, 5.41) is 11.2. The number of aromatic nitrogens is 1. The molecule has 0 radical (unpaired) electrons. The number of allylic oxidation sites excluding steroid dienone is 4. The highest BCUT2D eigenvalue weighted by molar-refractivity contribution is 7.80. The third-order valence-electron chi connectivity index (χ3n) is 6.75. The van der Waals surface area contributed by atoms with Gasteiger partial charge in [0.25, 0.3) is 5.78 Å². The SMILES string of the molecule is C=C/C=C\C=C(/C)CC(NC(=O)CC)C(=O)NCC(=O)NC(Cc1c[nH]c2ccccc12)C(=O)C(F)(F)F.CCN(CCS)N(C)N. The number of alkyl halides is 3. The van der Waals surface area contributed by atoms with Gasteiger partial charge in [-0.3, -0.25) is 25.0 Å². The molecule has 3 amide bonds. The van der Waals surface area contributed by atoms with E-state index in [4.69, 9.17) is 5.84 Å². The number of thiol groups is 1. The van der Waals surface area contributed by atoms with Crippen molar-refractivity contribution in [2.75, 3.05) is 32.4 Å². The van der Waals surface area contributed by atoms with Crippen molar-refractivity contribution in [1.29, 1.82) is 0 Å². The second-order valence-electron chi connectivity index (χ2n) is 10.4. The standard InChI is InChI=1S/C27H31F3N4O4.C5H15N3S/c1-4-6-7-10-17(3)13-22(34-23(35)5-2)26(38)32-16-24(36)33-21(25(37)27(28,29)30)14-18-15-31-20-12-9-8-11-19(18)20;1-3-8(4-5-9)7(2)6/h4,6-12,15,21-22,31H,1,5,13-14,16H2,2-3H3,(H,32,38)(H,33,36)(H,34,35);9H,3-6H2,1-2H3/b7-6-,17-10+;. The van der Waals surface area contributed by atoms with Crippen molar-refractivity contribution >= 4 is 47.0 Å². The molecule has 1 heterocycles. The minimum absolute atomic E-state index is 0.123. The van der Waals surface area contributed by atoms with Gasteiger partial charge in [0.15, 0.2) is 0 Å². The van der Waals surface area contributed by atoms with Gasteiger partial charge in [-0.15, -0.1) is 0 Å². The smallest absolute Gasteiger partial charge is 0.361 e. The van der Waals surface area contributed by atoms with Gasteiger partial charge in [0, 0.05) is 55.8 Å². The van der Waals surface area contributed by atoms with E-state index >= 15 is 0 Å². The molecule has 47 heavy (non-hydrogen) atoms. The predicted molar refractivity (Wildman–Crippen MR) is 181 cm³/mol. The molecule has 0 spiro atoms. The number of aromatic amines is 1. The molecule has 2 rings (SSSR count). The first-order valence-corrected chi connectivity index (χ1v) is 15.6. The van der Waals surface area contributed by atoms with Crippen LogP contribution in [0.1, 0.15) is 39.2 Å². The molecule has 260 valence electrons. The number of carbonyl (C=O) groups is 4. The molecule has 2 atom stereocenters. The zero-order valence-corrected chi connectivity index (χ0v) is 28.1. The number of H-pyrrole nitrogens is 1. The number of halogens is 3. The summed E-state index contributed by atoms with van der Waals surface area (Å²) < 4.78 is 39.8. The van der Waals surface area contributed by atoms with Gasteiger partial charge in [-0.1, -0.05) is 68.5 Å². The molecule has 0 saturated carbocycles. The van der Waals surface area contributed by atoms with Gasteiger partial charge < -0.3 is 20.9 Å². The Bertz CT molecular complexity index is 1390. The van der Waals surface area contributed by atoms with E-state index in [0.717, 1.165) is 24.4 Å². The molecule has 0 aliphatic carbocycles. The summed E-state index contributed by atoms with van der Waals surface area (Å²) in [6.07, 6.45) is 2.85. The number of ketones is 1. The first-order valence-electron chi connectivity index (χ1n) is 15.0. The summed E-state index contributed by atoms with van der Waals surface area (Å²) in [6.45, 7) is 10.1. The van der Waals surface area contributed by atoms with Crippen LogP contribution in [0.4, 0.5) is 13.2 Å². The molecule has 0 fully saturated rings. The summed E-state index contributed by atoms with van der Waals surface area (Å²) in [5.41, 5.74) is 1.84. The summed E-state index contributed by atoms with van der Waals surface area (Å²) in [5.74, 6) is 2.12. The number of para-hydroxylation sites is 1. The van der Waals surface area contributed by atoms with Crippen LogP contribution in [-0.4, -0.2) is 89.3 Å². The van der Waals surface area contributed by atoms with E-state index in [9.17, 15) is 32.3 Å². The first-order chi connectivity index (χ1) is 22.2. The Labute approximate surface area is 279 Å². The normalized spacial score (nSPS) is 13.2. The van der Waals surface area contributed by atoms with Crippen LogP contribution in [0.3, 0.4) is 0 Å². The lowest BCUT2D eigenvalue weighted by Gasteiger charge is -2.25. The number of hydrazine groups is 2. The van der Waals surface area contributed by atoms with Gasteiger partial charge in [0.05, 0.1) is 6.54 Å². The number of hydrogen-bond acceptors (Lipinski definition) is 8. The number of nitrogens with zero attached hydrogens (tertiary/aromatic N) is 2. The number of benzene rings is 1. The fourth-order valence-electron chi connectivity index (χ4n) is 4.31. The molecule has 1 aromatic heterocycles. The number of amides is 3. The average molecular weight is 682 g/mol. The van der Waals surface area contributed by atoms with Crippen LogP contribution >= 0.6 is 12.6 Å². The maximum atomic E-state index is 13.3. The number of nitrogens with one attached hydrogen (secondary N) is 4. The molecule has 6 N–H and O–H groups in total. The van der Waals surface area contributed by atoms with Gasteiger partial charge in [-0.05, 0) is 25.0 Å². The van der Waals surface area contributed by atoms with Gasteiger partial charge in [0.2, 0.25) is 17.7 Å². The first kappa shape index (κ1) is 41.1. The molecule has 1 aromatic carbocycles. The Balaban J connectivity index is 0.00000107. The fraction of sp³-hybridized carbons (Fsp3) is 0.438. The lowest BCUT2D eigenvalue weighted by atomic mass is 10.0. The number of nitrogens with two attached hydrogens (primary N) is 1. The van der Waals surface area contributed by atoms with Gasteiger partial charge in [0.1, 0.15) is 12.1 Å². The minimum atomic E-state index is -5.17. The van der Waals surface area contributed by atoms with E-state index in [2.05, 4.69) is 47.1 Å². The third-order valence-corrected chi connectivity index (χ3v) is 6.95. The van der Waals surface area contributed by atoms with Crippen LogP contribution < -0.4 is 21.8 Å². The average Bonchev–Trinajstić information content (AvgIpc) is 3.43. The van der Waals surface area contributed by atoms with Gasteiger partial charge in [-0.25, -0.2) is 5.01 Å². The van der Waals surface area contributed by atoms with E-state index in [1.807, 2.05) is 12.1 Å². The highest BCUT2D eigenvalue weighted by atomic mass is 32.1. The predicted octanol–water partition coefficient (Wildman–Crippen LogP) is 3.37. The van der Waals surface area contributed by atoms with Gasteiger partial charge in [-0.2, -0.15) is 30.9 Å². The monoisotopic (exact) mass is 681 g/mol. The molecule has 0 bridgehead atoms. The molecule has 0 aliphatic rings. The van der Waals surface area contributed by atoms with Crippen LogP contribution in [0, 0.1) is 0 Å². The van der Waals surface area contributed by atoms with Crippen molar-refractivity contribution in [2.45, 2.75) is 58.3 Å². The molecule has 11 nitrogen and oxygen atoms in total. The quantitative estimate of drug-likeness (QED) is 0.0648. The highest BCUT2D eigenvalue weighted by Gasteiger charge is 2.44. The zero-order chi connectivity index (χ0) is 35.6. The minimum Gasteiger partial charge on any atom is -0.361 e. The molecule has 0 aliphatic heterocycles. The Morgan fingerprint density at radius 3 is 2.30 bits per heavy atom. The Hall–Kier alpha value is -3.92. The summed E-state index contributed by atoms with van der Waals surface area (Å²) in [7, 11) is 1.83. The van der Waals surface area contributed by atoms with Crippen molar-refractivity contribution in [3.63, 3.8) is 0 Å². The Morgan fingerprint density at radius 1 is 1.09 bits per heavy atom. The van der Waals surface area contributed by atoms with Crippen LogP contribution in [0.5, 0.6) is 0 Å². The van der Waals surface area contributed by atoms with E-state index in [0.29, 0.717) is 16.5 Å². The highest BCUT2D eigenvalue weighted by Crippen LogP contribution is 2.23. The van der Waals surface area contributed by atoms with Crippen LogP contribution in [-0.2, 0) is 25.6 Å². The molecule has 0 saturated heterocycles. The summed E-state index contributed by atoms with van der Waals surface area (Å²) in [4.78, 5) is 52.1. The molecule has 15 heteroatoms. The maximum absolute atomic E-state index is 13.3. The van der Waals surface area contributed by atoms with Crippen molar-refractivity contribution < 1.29 is 32.3 Å².